The Morgan fingerprint density at radius 1 is 1.33 bits per heavy atom. The second kappa shape index (κ2) is 5.34. The van der Waals surface area contributed by atoms with Crippen LogP contribution in [0.25, 0.3) is 0 Å². The van der Waals surface area contributed by atoms with Crippen molar-refractivity contribution in [2.75, 3.05) is 18.5 Å². The van der Waals surface area contributed by atoms with Gasteiger partial charge in [0.15, 0.2) is 0 Å². The predicted molar refractivity (Wildman–Crippen MR) is 68.7 cm³/mol. The van der Waals surface area contributed by atoms with Crippen molar-refractivity contribution in [2.45, 2.75) is 20.3 Å². The molecule has 0 aliphatic carbocycles. The number of aliphatic hydroxyl groups excluding tert-OH is 1. The third kappa shape index (κ3) is 3.19. The van der Waals surface area contributed by atoms with Crippen LogP contribution in [0.1, 0.15) is 20.3 Å². The Morgan fingerprint density at radius 3 is 2.50 bits per heavy atom. The molecule has 102 valence electrons. The van der Waals surface area contributed by atoms with Crippen LogP contribution in [0.2, 0.25) is 0 Å². The van der Waals surface area contributed by atoms with E-state index in [1.165, 1.54) is 14.1 Å². The second-order valence-electron chi connectivity index (χ2n) is 5.11. The maximum atomic E-state index is 11.8. The van der Waals surface area contributed by atoms with E-state index in [1.807, 2.05) is 13.8 Å². The van der Waals surface area contributed by atoms with Crippen molar-refractivity contribution < 1.29 is 5.11 Å². The summed E-state index contributed by atoms with van der Waals surface area (Å²) < 4.78 is 2.12. The van der Waals surface area contributed by atoms with Crippen LogP contribution >= 0.6 is 0 Å². The molecule has 0 spiro atoms. The molecule has 0 aliphatic heterocycles. The van der Waals surface area contributed by atoms with E-state index in [0.29, 0.717) is 13.0 Å². The lowest BCUT2D eigenvalue weighted by Crippen LogP contribution is -2.40. The monoisotopic (exact) mass is 256 g/mol. The summed E-state index contributed by atoms with van der Waals surface area (Å²) in [5.41, 5.74) is -1.06. The van der Waals surface area contributed by atoms with Crippen LogP contribution in [0, 0.1) is 5.41 Å². The van der Waals surface area contributed by atoms with Crippen LogP contribution in [0.4, 0.5) is 5.82 Å². The van der Waals surface area contributed by atoms with E-state index in [2.05, 4.69) is 10.4 Å². The molecule has 18 heavy (non-hydrogen) atoms. The van der Waals surface area contributed by atoms with Gasteiger partial charge in [0.2, 0.25) is 5.82 Å². The van der Waals surface area contributed by atoms with Crippen molar-refractivity contribution in [1.82, 2.24) is 14.3 Å². The van der Waals surface area contributed by atoms with Gasteiger partial charge in [-0.2, -0.15) is 0 Å². The van der Waals surface area contributed by atoms with E-state index in [4.69, 9.17) is 5.11 Å². The van der Waals surface area contributed by atoms with Crippen LogP contribution < -0.4 is 16.6 Å². The number of nitrogens with zero attached hydrogens (tertiary/aromatic N) is 3. The summed E-state index contributed by atoms with van der Waals surface area (Å²) in [5.74, 6) is 0.144. The molecule has 1 rings (SSSR count). The maximum Gasteiger partial charge on any atom is 0.346 e. The predicted octanol–water partition coefficient (Wildman–Crippen LogP) is -0.700. The number of hydrogen-bond donors (Lipinski definition) is 2. The fourth-order valence-corrected chi connectivity index (χ4v) is 1.52. The van der Waals surface area contributed by atoms with E-state index < -0.39 is 11.2 Å². The van der Waals surface area contributed by atoms with Crippen LogP contribution in [0.15, 0.2) is 9.59 Å². The summed E-state index contributed by atoms with van der Waals surface area (Å²) >= 11 is 0. The summed E-state index contributed by atoms with van der Waals surface area (Å²) in [7, 11) is 2.90. The highest BCUT2D eigenvalue weighted by Gasteiger charge is 2.18. The summed E-state index contributed by atoms with van der Waals surface area (Å²) in [6, 6.07) is 0. The van der Waals surface area contributed by atoms with E-state index in [9.17, 15) is 9.59 Å². The minimum Gasteiger partial charge on any atom is -0.396 e. The molecule has 0 atom stereocenters. The first kappa shape index (κ1) is 14.4. The van der Waals surface area contributed by atoms with Crippen molar-refractivity contribution in [3.8, 4) is 0 Å². The Morgan fingerprint density at radius 2 is 1.94 bits per heavy atom. The van der Waals surface area contributed by atoms with Gasteiger partial charge in [0.05, 0.1) is 0 Å². The van der Waals surface area contributed by atoms with Gasteiger partial charge in [-0.25, -0.2) is 9.48 Å². The number of aromatic nitrogens is 3. The summed E-state index contributed by atoms with van der Waals surface area (Å²) in [6.45, 7) is 4.53. The Balaban J connectivity index is 2.94. The zero-order valence-corrected chi connectivity index (χ0v) is 11.2. The molecule has 0 aromatic carbocycles. The fraction of sp³-hybridized carbons (Fsp3) is 0.727. The van der Waals surface area contributed by atoms with Gasteiger partial charge < -0.3 is 10.4 Å². The van der Waals surface area contributed by atoms with Gasteiger partial charge in [-0.05, 0) is 11.8 Å². The molecule has 7 heteroatoms. The zero-order chi connectivity index (χ0) is 13.9. The van der Waals surface area contributed by atoms with Crippen molar-refractivity contribution in [1.29, 1.82) is 0 Å². The van der Waals surface area contributed by atoms with Crippen LogP contribution in [0.3, 0.4) is 0 Å². The molecule has 0 aliphatic rings. The van der Waals surface area contributed by atoms with Crippen molar-refractivity contribution in [2.24, 2.45) is 19.5 Å². The van der Waals surface area contributed by atoms with Crippen molar-refractivity contribution >= 4 is 5.82 Å². The van der Waals surface area contributed by atoms with E-state index in [1.54, 1.807) is 0 Å². The number of rotatable bonds is 5. The number of anilines is 1. The van der Waals surface area contributed by atoms with Gasteiger partial charge in [-0.15, -0.1) is 5.10 Å². The lowest BCUT2D eigenvalue weighted by atomic mass is 9.90. The Kier molecular flexibility index (Phi) is 4.28. The maximum absolute atomic E-state index is 11.8. The highest BCUT2D eigenvalue weighted by Crippen LogP contribution is 2.19. The topological polar surface area (TPSA) is 89.2 Å². The molecule has 1 aromatic heterocycles. The van der Waals surface area contributed by atoms with E-state index in [0.717, 1.165) is 9.25 Å². The minimum absolute atomic E-state index is 0.0907. The van der Waals surface area contributed by atoms with Gasteiger partial charge in [0.25, 0.3) is 5.56 Å². The Hall–Kier alpha value is -1.63. The van der Waals surface area contributed by atoms with Gasteiger partial charge in [0, 0.05) is 27.2 Å². The molecule has 2 N–H and O–H groups in total. The fourth-order valence-electron chi connectivity index (χ4n) is 1.52. The first-order chi connectivity index (χ1) is 8.28. The molecule has 1 heterocycles. The zero-order valence-electron chi connectivity index (χ0n) is 11.2. The van der Waals surface area contributed by atoms with Crippen LogP contribution in [-0.2, 0) is 14.1 Å². The molecule has 0 radical (unpaired) electrons. The average molecular weight is 256 g/mol. The molecular weight excluding hydrogens is 236 g/mol. The molecule has 0 amide bonds. The van der Waals surface area contributed by atoms with Crippen LogP contribution in [0.5, 0.6) is 0 Å². The molecule has 0 bridgehead atoms. The third-order valence-corrected chi connectivity index (χ3v) is 2.84. The highest BCUT2D eigenvalue weighted by molar-refractivity contribution is 5.29. The molecular formula is C11H20N4O3. The quantitative estimate of drug-likeness (QED) is 0.727. The lowest BCUT2D eigenvalue weighted by molar-refractivity contribution is 0.220. The molecule has 0 unspecified atom stereocenters. The minimum atomic E-state index is -0.458. The first-order valence-corrected chi connectivity index (χ1v) is 5.77. The first-order valence-electron chi connectivity index (χ1n) is 5.77. The largest absolute Gasteiger partial charge is 0.396 e. The van der Waals surface area contributed by atoms with Gasteiger partial charge >= 0.3 is 5.69 Å². The molecule has 0 saturated carbocycles. The average Bonchev–Trinajstić information content (AvgIpc) is 2.29. The van der Waals surface area contributed by atoms with Crippen molar-refractivity contribution in [3.63, 3.8) is 0 Å². The summed E-state index contributed by atoms with van der Waals surface area (Å²) in [5, 5.41) is 15.7. The second-order valence-corrected chi connectivity index (χ2v) is 5.11. The molecule has 7 nitrogen and oxygen atoms in total. The Labute approximate surface area is 105 Å². The van der Waals surface area contributed by atoms with Crippen LogP contribution in [-0.4, -0.2) is 32.6 Å². The van der Waals surface area contributed by atoms with Gasteiger partial charge in [0.1, 0.15) is 0 Å². The number of nitrogens with one attached hydrogen (secondary N) is 1. The normalized spacial score (nSPS) is 11.6. The van der Waals surface area contributed by atoms with Gasteiger partial charge in [-0.1, -0.05) is 13.8 Å². The summed E-state index contributed by atoms with van der Waals surface area (Å²) in [6.07, 6.45) is 0.617. The van der Waals surface area contributed by atoms with Gasteiger partial charge in [-0.3, -0.25) is 9.36 Å². The molecule has 0 fully saturated rings. The third-order valence-electron chi connectivity index (χ3n) is 2.84. The lowest BCUT2D eigenvalue weighted by Gasteiger charge is -2.23. The van der Waals surface area contributed by atoms with Crippen molar-refractivity contribution in [3.05, 3.63) is 20.8 Å². The number of hydrogen-bond acceptors (Lipinski definition) is 5. The SMILES string of the molecule is Cn1nc(NCC(C)(C)CCO)c(=O)n(C)c1=O. The number of aliphatic hydroxyl groups is 1. The summed E-state index contributed by atoms with van der Waals surface area (Å²) in [4.78, 5) is 23.2. The highest BCUT2D eigenvalue weighted by atomic mass is 16.3. The standard InChI is InChI=1S/C11H20N4O3/c1-11(2,5-6-16)7-12-8-9(17)14(3)10(18)15(4)13-8/h16H,5-7H2,1-4H3,(H,12,13). The number of aryl methyl sites for hydroxylation is 1. The Bertz CT molecular complexity index is 530. The van der Waals surface area contributed by atoms with E-state index in [-0.39, 0.29) is 17.8 Å². The smallest absolute Gasteiger partial charge is 0.346 e. The molecule has 1 aromatic rings. The molecule has 0 saturated heterocycles. The van der Waals surface area contributed by atoms with E-state index >= 15 is 0 Å².